The zero-order valence-corrected chi connectivity index (χ0v) is 10.1. The molecule has 0 saturated heterocycles. The minimum Gasteiger partial charge on any atom is -0.463 e. The zero-order valence-electron chi connectivity index (χ0n) is 10.1. The Kier molecular flexibility index (Phi) is 6.00. The molecule has 0 aliphatic heterocycles. The van der Waals surface area contributed by atoms with E-state index in [0.717, 1.165) is 6.07 Å². The van der Waals surface area contributed by atoms with Crippen LogP contribution in [0, 0.1) is 11.6 Å². The van der Waals surface area contributed by atoms with Gasteiger partial charge in [0.2, 0.25) is 0 Å². The Morgan fingerprint density at radius 2 is 2.22 bits per heavy atom. The fraction of sp³-hybridized carbons (Fsp3) is 0.308. The number of esters is 1. The minimum atomic E-state index is -0.599. The monoisotopic (exact) mass is 255 g/mol. The van der Waals surface area contributed by atoms with Crippen LogP contribution in [0.3, 0.4) is 0 Å². The van der Waals surface area contributed by atoms with Gasteiger partial charge < -0.3 is 10.1 Å². The van der Waals surface area contributed by atoms with Crippen LogP contribution in [0.1, 0.15) is 12.5 Å². The van der Waals surface area contributed by atoms with Crippen molar-refractivity contribution in [2.24, 2.45) is 0 Å². The average molecular weight is 255 g/mol. The number of halogens is 2. The Morgan fingerprint density at radius 3 is 2.89 bits per heavy atom. The Labute approximate surface area is 104 Å². The normalized spacial score (nSPS) is 10.8. The molecule has 0 aromatic heterocycles. The first kappa shape index (κ1) is 14.3. The molecular formula is C13H15F2NO2. The fourth-order valence-electron chi connectivity index (χ4n) is 1.30. The van der Waals surface area contributed by atoms with Crippen molar-refractivity contribution < 1.29 is 18.3 Å². The number of hydrogen-bond acceptors (Lipinski definition) is 3. The number of nitrogens with one attached hydrogen (secondary N) is 1. The second kappa shape index (κ2) is 7.55. The highest BCUT2D eigenvalue weighted by molar-refractivity contribution is 5.81. The van der Waals surface area contributed by atoms with Crippen molar-refractivity contribution in [1.82, 2.24) is 5.32 Å². The summed E-state index contributed by atoms with van der Waals surface area (Å²) in [6, 6.07) is 3.42. The van der Waals surface area contributed by atoms with E-state index in [0.29, 0.717) is 18.7 Å². The summed E-state index contributed by atoms with van der Waals surface area (Å²) in [6.45, 7) is 2.72. The Morgan fingerprint density at radius 1 is 1.44 bits per heavy atom. The van der Waals surface area contributed by atoms with Gasteiger partial charge in [-0.25, -0.2) is 13.6 Å². The molecule has 0 aliphatic carbocycles. The molecule has 0 bridgehead atoms. The predicted octanol–water partition coefficient (Wildman–Crippen LogP) is 2.17. The second-order valence-corrected chi connectivity index (χ2v) is 3.52. The van der Waals surface area contributed by atoms with Crippen LogP contribution >= 0.6 is 0 Å². The first-order valence-corrected chi connectivity index (χ1v) is 5.61. The highest BCUT2D eigenvalue weighted by Crippen LogP contribution is 2.08. The van der Waals surface area contributed by atoms with Crippen LogP contribution in [0.15, 0.2) is 30.4 Å². The molecule has 5 heteroatoms. The maximum atomic E-state index is 13.2. The molecule has 0 saturated carbocycles. The first-order valence-electron chi connectivity index (χ1n) is 5.61. The van der Waals surface area contributed by atoms with Crippen molar-refractivity contribution in [1.29, 1.82) is 0 Å². The first-order chi connectivity index (χ1) is 8.63. The summed E-state index contributed by atoms with van der Waals surface area (Å²) in [5, 5.41) is 2.90. The molecule has 1 aromatic rings. The molecule has 0 amide bonds. The van der Waals surface area contributed by atoms with E-state index in [1.54, 1.807) is 13.0 Å². The molecule has 0 unspecified atom stereocenters. The third-order valence-electron chi connectivity index (χ3n) is 2.13. The van der Waals surface area contributed by atoms with E-state index in [-0.39, 0.29) is 6.54 Å². The van der Waals surface area contributed by atoms with Gasteiger partial charge in [0, 0.05) is 30.8 Å². The van der Waals surface area contributed by atoms with E-state index in [1.807, 2.05) is 0 Å². The van der Waals surface area contributed by atoms with Gasteiger partial charge in [0.1, 0.15) is 11.6 Å². The van der Waals surface area contributed by atoms with Crippen molar-refractivity contribution in [3.63, 3.8) is 0 Å². The smallest absolute Gasteiger partial charge is 0.330 e. The summed E-state index contributed by atoms with van der Waals surface area (Å²) < 4.78 is 30.5. The number of carbonyl (C=O) groups excluding carboxylic acids is 1. The SMILES string of the molecule is CCOC(=O)/C=C/CNCc1ccc(F)cc1F. The van der Waals surface area contributed by atoms with Gasteiger partial charge in [-0.1, -0.05) is 12.1 Å². The molecular weight excluding hydrogens is 240 g/mol. The van der Waals surface area contributed by atoms with Gasteiger partial charge in [0.05, 0.1) is 6.61 Å². The maximum absolute atomic E-state index is 13.2. The molecule has 0 aliphatic rings. The van der Waals surface area contributed by atoms with Gasteiger partial charge in [-0.3, -0.25) is 0 Å². The third-order valence-corrected chi connectivity index (χ3v) is 2.13. The van der Waals surface area contributed by atoms with Crippen molar-refractivity contribution in [3.8, 4) is 0 Å². The van der Waals surface area contributed by atoms with Gasteiger partial charge in [0.15, 0.2) is 0 Å². The van der Waals surface area contributed by atoms with Gasteiger partial charge >= 0.3 is 5.97 Å². The van der Waals surface area contributed by atoms with Gasteiger partial charge in [-0.15, -0.1) is 0 Å². The van der Waals surface area contributed by atoms with Crippen molar-refractivity contribution in [2.45, 2.75) is 13.5 Å². The summed E-state index contributed by atoms with van der Waals surface area (Å²) in [4.78, 5) is 10.9. The third kappa shape index (κ3) is 5.05. The van der Waals surface area contributed by atoms with Crippen LogP contribution in [-0.2, 0) is 16.1 Å². The lowest BCUT2D eigenvalue weighted by Crippen LogP contribution is -2.14. The van der Waals surface area contributed by atoms with Crippen LogP contribution in [-0.4, -0.2) is 19.1 Å². The Balaban J connectivity index is 2.31. The molecule has 0 heterocycles. The van der Waals surface area contributed by atoms with Crippen molar-refractivity contribution >= 4 is 5.97 Å². The van der Waals surface area contributed by atoms with E-state index in [2.05, 4.69) is 10.1 Å². The second-order valence-electron chi connectivity index (χ2n) is 3.52. The minimum absolute atomic E-state index is 0.263. The number of hydrogen-bond donors (Lipinski definition) is 1. The van der Waals surface area contributed by atoms with E-state index in [4.69, 9.17) is 0 Å². The lowest BCUT2D eigenvalue weighted by molar-refractivity contribution is -0.137. The van der Waals surface area contributed by atoms with Crippen molar-refractivity contribution in [3.05, 3.63) is 47.5 Å². The molecule has 1 aromatic carbocycles. The Bertz CT molecular complexity index is 433. The van der Waals surface area contributed by atoms with Crippen molar-refractivity contribution in [2.75, 3.05) is 13.2 Å². The standard InChI is InChI=1S/C13H15F2NO2/c1-2-18-13(17)4-3-7-16-9-10-5-6-11(14)8-12(10)15/h3-6,8,16H,2,7,9H2,1H3/b4-3+. The summed E-state index contributed by atoms with van der Waals surface area (Å²) in [7, 11) is 0. The number of carbonyl (C=O) groups is 1. The van der Waals surface area contributed by atoms with Crippen LogP contribution in [0.25, 0.3) is 0 Å². The molecule has 18 heavy (non-hydrogen) atoms. The molecule has 0 atom stereocenters. The van der Waals surface area contributed by atoms with E-state index in [1.165, 1.54) is 18.2 Å². The van der Waals surface area contributed by atoms with E-state index >= 15 is 0 Å². The molecule has 3 nitrogen and oxygen atoms in total. The van der Waals surface area contributed by atoms with Crippen LogP contribution in [0.4, 0.5) is 8.78 Å². The highest BCUT2D eigenvalue weighted by atomic mass is 19.1. The quantitative estimate of drug-likeness (QED) is 0.481. The summed E-state index contributed by atoms with van der Waals surface area (Å²) in [6.07, 6.45) is 2.89. The largest absolute Gasteiger partial charge is 0.463 e. The topological polar surface area (TPSA) is 38.3 Å². The van der Waals surface area contributed by atoms with Gasteiger partial charge in [0.25, 0.3) is 0 Å². The molecule has 98 valence electrons. The van der Waals surface area contributed by atoms with E-state index in [9.17, 15) is 13.6 Å². The Hall–Kier alpha value is -1.75. The van der Waals surface area contributed by atoms with Gasteiger partial charge in [-0.2, -0.15) is 0 Å². The number of ether oxygens (including phenoxy) is 1. The molecule has 1 rings (SSSR count). The molecule has 0 radical (unpaired) electrons. The lowest BCUT2D eigenvalue weighted by atomic mass is 10.2. The molecule has 0 spiro atoms. The summed E-state index contributed by atoms with van der Waals surface area (Å²) in [5.74, 6) is -1.59. The number of rotatable bonds is 6. The lowest BCUT2D eigenvalue weighted by Gasteiger charge is -2.03. The summed E-state index contributed by atoms with van der Waals surface area (Å²) >= 11 is 0. The average Bonchev–Trinajstić information content (AvgIpc) is 2.31. The number of benzene rings is 1. The zero-order chi connectivity index (χ0) is 13.4. The fourth-order valence-corrected chi connectivity index (χ4v) is 1.30. The highest BCUT2D eigenvalue weighted by Gasteiger charge is 2.02. The van der Waals surface area contributed by atoms with Crippen LogP contribution < -0.4 is 5.32 Å². The van der Waals surface area contributed by atoms with E-state index < -0.39 is 17.6 Å². The van der Waals surface area contributed by atoms with Crippen LogP contribution in [0.5, 0.6) is 0 Å². The predicted molar refractivity (Wildman–Crippen MR) is 63.8 cm³/mol. The molecule has 0 fully saturated rings. The summed E-state index contributed by atoms with van der Waals surface area (Å²) in [5.41, 5.74) is 0.376. The van der Waals surface area contributed by atoms with Crippen LogP contribution in [0.2, 0.25) is 0 Å². The maximum Gasteiger partial charge on any atom is 0.330 e. The van der Waals surface area contributed by atoms with Gasteiger partial charge in [-0.05, 0) is 13.0 Å². The molecule has 1 N–H and O–H groups in total.